The molecule has 1 rings (SSSR count). The normalized spacial score (nSPS) is 35.1. The van der Waals surface area contributed by atoms with E-state index >= 15 is 0 Å². The SMILES string of the molecule is C=CCCCC1(C)C(CC)CC[C@H](C)[C@@H]1CC[C@@](C)(O)CC. The Bertz CT molecular complexity index is 333. The van der Waals surface area contributed by atoms with Gasteiger partial charge in [0.15, 0.2) is 0 Å². The first kappa shape index (κ1) is 19.7. The lowest BCUT2D eigenvalue weighted by Gasteiger charge is -2.51. The second kappa shape index (κ2) is 8.52. The third-order valence-electron chi connectivity index (χ3n) is 6.81. The molecule has 1 fully saturated rings. The largest absolute Gasteiger partial charge is 0.390 e. The molecule has 1 nitrogen and oxygen atoms in total. The van der Waals surface area contributed by atoms with Gasteiger partial charge in [-0.1, -0.05) is 46.6 Å². The highest BCUT2D eigenvalue weighted by Crippen LogP contribution is 2.54. The molecule has 0 saturated heterocycles. The predicted octanol–water partition coefficient (Wildman–Crippen LogP) is 6.36. The number of rotatable bonds is 9. The molecule has 5 atom stereocenters. The van der Waals surface area contributed by atoms with E-state index in [9.17, 15) is 5.11 Å². The van der Waals surface area contributed by atoms with E-state index in [1.165, 1.54) is 38.5 Å². The van der Waals surface area contributed by atoms with Crippen LogP contribution in [0.25, 0.3) is 0 Å². The molecule has 1 saturated carbocycles. The van der Waals surface area contributed by atoms with E-state index in [1.807, 2.05) is 6.92 Å². The quantitative estimate of drug-likeness (QED) is 0.388. The molecule has 2 unspecified atom stereocenters. The Morgan fingerprint density at radius 2 is 2.00 bits per heavy atom. The molecular formula is C21H40O. The maximum atomic E-state index is 10.4. The second-order valence-corrected chi connectivity index (χ2v) is 8.34. The smallest absolute Gasteiger partial charge is 0.0617 e. The van der Waals surface area contributed by atoms with E-state index < -0.39 is 5.60 Å². The van der Waals surface area contributed by atoms with Crippen molar-refractivity contribution in [3.63, 3.8) is 0 Å². The highest BCUT2D eigenvalue weighted by Gasteiger charge is 2.45. The molecule has 1 heteroatoms. The van der Waals surface area contributed by atoms with Gasteiger partial charge < -0.3 is 5.11 Å². The summed E-state index contributed by atoms with van der Waals surface area (Å²) < 4.78 is 0. The van der Waals surface area contributed by atoms with Crippen LogP contribution in [0.4, 0.5) is 0 Å². The third kappa shape index (κ3) is 4.85. The van der Waals surface area contributed by atoms with Crippen molar-refractivity contribution in [1.29, 1.82) is 0 Å². The van der Waals surface area contributed by atoms with Crippen molar-refractivity contribution in [3.05, 3.63) is 12.7 Å². The second-order valence-electron chi connectivity index (χ2n) is 8.34. The minimum absolute atomic E-state index is 0.444. The first-order valence-corrected chi connectivity index (χ1v) is 9.64. The van der Waals surface area contributed by atoms with E-state index in [0.717, 1.165) is 37.0 Å². The standard InChI is InChI=1S/C21H40O/c1-7-10-11-15-21(6)18(8-2)13-12-17(4)19(21)14-16-20(5,22)9-3/h7,17-19,22H,1,8-16H2,2-6H3/t17-,18?,19-,20-,21?/m0/s1. The van der Waals surface area contributed by atoms with Crippen molar-refractivity contribution < 1.29 is 5.11 Å². The van der Waals surface area contributed by atoms with Crippen molar-refractivity contribution in [1.82, 2.24) is 0 Å². The summed E-state index contributed by atoms with van der Waals surface area (Å²) in [6.45, 7) is 15.4. The number of hydrogen-bond donors (Lipinski definition) is 1. The highest BCUT2D eigenvalue weighted by atomic mass is 16.3. The zero-order valence-corrected chi connectivity index (χ0v) is 15.8. The Hall–Kier alpha value is -0.300. The van der Waals surface area contributed by atoms with Crippen molar-refractivity contribution in [2.75, 3.05) is 0 Å². The summed E-state index contributed by atoms with van der Waals surface area (Å²) >= 11 is 0. The van der Waals surface area contributed by atoms with Gasteiger partial charge in [-0.25, -0.2) is 0 Å². The van der Waals surface area contributed by atoms with Crippen LogP contribution in [0.1, 0.15) is 92.4 Å². The van der Waals surface area contributed by atoms with Gasteiger partial charge in [-0.05, 0) is 75.0 Å². The Kier molecular flexibility index (Phi) is 7.65. The average Bonchev–Trinajstić information content (AvgIpc) is 2.47. The van der Waals surface area contributed by atoms with E-state index in [4.69, 9.17) is 0 Å². The lowest BCUT2D eigenvalue weighted by atomic mass is 9.54. The molecule has 0 spiro atoms. The Morgan fingerprint density at radius 1 is 1.32 bits per heavy atom. The fraction of sp³-hybridized carbons (Fsp3) is 0.905. The summed E-state index contributed by atoms with van der Waals surface area (Å²) in [5.74, 6) is 2.41. The zero-order valence-electron chi connectivity index (χ0n) is 15.8. The van der Waals surface area contributed by atoms with Gasteiger partial charge in [0, 0.05) is 0 Å². The molecule has 0 aromatic heterocycles. The van der Waals surface area contributed by atoms with Crippen LogP contribution in [0.2, 0.25) is 0 Å². The molecule has 0 amide bonds. The zero-order chi connectivity index (χ0) is 16.8. The fourth-order valence-electron chi connectivity index (χ4n) is 4.89. The molecule has 0 radical (unpaired) electrons. The molecule has 0 bridgehead atoms. The van der Waals surface area contributed by atoms with Crippen molar-refractivity contribution in [2.45, 2.75) is 98.0 Å². The van der Waals surface area contributed by atoms with Crippen LogP contribution < -0.4 is 0 Å². The Balaban J connectivity index is 2.86. The van der Waals surface area contributed by atoms with E-state index in [2.05, 4.69) is 40.3 Å². The molecule has 22 heavy (non-hydrogen) atoms. The topological polar surface area (TPSA) is 20.2 Å². The van der Waals surface area contributed by atoms with E-state index in [0.29, 0.717) is 5.41 Å². The van der Waals surface area contributed by atoms with Gasteiger partial charge in [-0.2, -0.15) is 0 Å². The van der Waals surface area contributed by atoms with Crippen LogP contribution >= 0.6 is 0 Å². The van der Waals surface area contributed by atoms with E-state index in [-0.39, 0.29) is 0 Å². The number of aliphatic hydroxyl groups is 1. The first-order valence-electron chi connectivity index (χ1n) is 9.64. The van der Waals surface area contributed by atoms with Gasteiger partial charge in [0.1, 0.15) is 0 Å². The van der Waals surface area contributed by atoms with Gasteiger partial charge in [0.2, 0.25) is 0 Å². The molecule has 0 aromatic rings. The fourth-order valence-corrected chi connectivity index (χ4v) is 4.89. The van der Waals surface area contributed by atoms with Crippen molar-refractivity contribution in [2.24, 2.45) is 23.2 Å². The van der Waals surface area contributed by atoms with Gasteiger partial charge in [-0.15, -0.1) is 6.58 Å². The summed E-state index contributed by atoms with van der Waals surface area (Å²) in [5.41, 5.74) is -0.0415. The monoisotopic (exact) mass is 308 g/mol. The molecule has 1 N–H and O–H groups in total. The minimum Gasteiger partial charge on any atom is -0.390 e. The summed E-state index contributed by atoms with van der Waals surface area (Å²) in [4.78, 5) is 0. The maximum Gasteiger partial charge on any atom is 0.0617 e. The van der Waals surface area contributed by atoms with Crippen LogP contribution in [-0.4, -0.2) is 10.7 Å². The molecule has 0 aliphatic heterocycles. The van der Waals surface area contributed by atoms with Gasteiger partial charge in [0.05, 0.1) is 5.60 Å². The van der Waals surface area contributed by atoms with Crippen LogP contribution in [0.15, 0.2) is 12.7 Å². The number of hydrogen-bond acceptors (Lipinski definition) is 1. The molecule has 0 heterocycles. The van der Waals surface area contributed by atoms with Crippen LogP contribution in [0.5, 0.6) is 0 Å². The summed E-state index contributed by atoms with van der Waals surface area (Å²) in [6.07, 6.45) is 12.8. The van der Waals surface area contributed by atoms with Crippen LogP contribution in [0.3, 0.4) is 0 Å². The molecule has 0 aromatic carbocycles. The van der Waals surface area contributed by atoms with Crippen LogP contribution in [0, 0.1) is 23.2 Å². The molecule has 130 valence electrons. The molecular weight excluding hydrogens is 268 g/mol. The van der Waals surface area contributed by atoms with E-state index in [1.54, 1.807) is 0 Å². The summed E-state index contributed by atoms with van der Waals surface area (Å²) in [5, 5.41) is 10.4. The summed E-state index contributed by atoms with van der Waals surface area (Å²) in [6, 6.07) is 0. The van der Waals surface area contributed by atoms with Gasteiger partial charge >= 0.3 is 0 Å². The lowest BCUT2D eigenvalue weighted by Crippen LogP contribution is -2.43. The number of unbranched alkanes of at least 4 members (excludes halogenated alkanes) is 1. The Morgan fingerprint density at radius 3 is 2.55 bits per heavy atom. The molecule has 1 aliphatic rings. The lowest BCUT2D eigenvalue weighted by molar-refractivity contribution is -0.0331. The predicted molar refractivity (Wildman–Crippen MR) is 98.0 cm³/mol. The number of allylic oxidation sites excluding steroid dienone is 1. The third-order valence-corrected chi connectivity index (χ3v) is 6.81. The van der Waals surface area contributed by atoms with Crippen LogP contribution in [-0.2, 0) is 0 Å². The van der Waals surface area contributed by atoms with Crippen molar-refractivity contribution in [3.8, 4) is 0 Å². The average molecular weight is 309 g/mol. The Labute approximate surface area is 139 Å². The van der Waals surface area contributed by atoms with Gasteiger partial charge in [0.25, 0.3) is 0 Å². The minimum atomic E-state index is -0.485. The summed E-state index contributed by atoms with van der Waals surface area (Å²) in [7, 11) is 0. The van der Waals surface area contributed by atoms with Crippen molar-refractivity contribution >= 4 is 0 Å². The molecule has 1 aliphatic carbocycles. The first-order chi connectivity index (χ1) is 10.3. The van der Waals surface area contributed by atoms with Gasteiger partial charge in [-0.3, -0.25) is 0 Å². The highest BCUT2D eigenvalue weighted by molar-refractivity contribution is 4.95. The maximum absolute atomic E-state index is 10.4.